The van der Waals surface area contributed by atoms with E-state index in [9.17, 15) is 14.4 Å². The van der Waals surface area contributed by atoms with Crippen LogP contribution in [0.4, 0.5) is 0 Å². The zero-order chi connectivity index (χ0) is 16.3. The number of aryl methyl sites for hydroxylation is 2. The van der Waals surface area contributed by atoms with E-state index in [0.29, 0.717) is 24.3 Å². The van der Waals surface area contributed by atoms with Gasteiger partial charge in [0.1, 0.15) is 0 Å². The maximum absolute atomic E-state index is 12.3. The van der Waals surface area contributed by atoms with Crippen LogP contribution >= 0.6 is 0 Å². The standard InChI is InChI=1S/C14H18N4O4/c1-8-7-9(11-12(16-8)18(2)17-14(11)21)13(20)15-6-4-5-10(19)22-3/h7H,4-6H2,1-3H3,(H,15,20)(H,17,21). The van der Waals surface area contributed by atoms with Crippen LogP contribution in [0.15, 0.2) is 10.9 Å². The van der Waals surface area contributed by atoms with Crippen molar-refractivity contribution in [3.63, 3.8) is 0 Å². The molecule has 0 fully saturated rings. The Bertz CT molecular complexity index is 775. The van der Waals surface area contributed by atoms with Crippen LogP contribution in [-0.2, 0) is 16.6 Å². The molecule has 0 aromatic carbocycles. The van der Waals surface area contributed by atoms with Crippen molar-refractivity contribution >= 4 is 22.9 Å². The van der Waals surface area contributed by atoms with Crippen LogP contribution < -0.4 is 10.9 Å². The molecule has 2 aromatic rings. The maximum atomic E-state index is 12.3. The number of hydrogen-bond donors (Lipinski definition) is 2. The molecule has 0 bridgehead atoms. The number of fused-ring (bicyclic) bond motifs is 1. The van der Waals surface area contributed by atoms with E-state index < -0.39 is 0 Å². The second-order valence-corrected chi connectivity index (χ2v) is 4.95. The third-order valence-electron chi connectivity index (χ3n) is 3.26. The van der Waals surface area contributed by atoms with Crippen molar-refractivity contribution in [2.45, 2.75) is 19.8 Å². The molecule has 2 N–H and O–H groups in total. The van der Waals surface area contributed by atoms with E-state index in [2.05, 4.69) is 20.1 Å². The highest BCUT2D eigenvalue weighted by Crippen LogP contribution is 2.14. The first kappa shape index (κ1) is 15.7. The molecular weight excluding hydrogens is 288 g/mol. The van der Waals surface area contributed by atoms with Crippen molar-refractivity contribution in [1.29, 1.82) is 0 Å². The Balaban J connectivity index is 2.18. The number of methoxy groups -OCH3 is 1. The summed E-state index contributed by atoms with van der Waals surface area (Å²) in [4.78, 5) is 39.5. The molecule has 22 heavy (non-hydrogen) atoms. The summed E-state index contributed by atoms with van der Waals surface area (Å²) in [7, 11) is 2.98. The predicted molar refractivity (Wildman–Crippen MR) is 79.7 cm³/mol. The van der Waals surface area contributed by atoms with E-state index in [1.165, 1.54) is 11.8 Å². The number of amides is 1. The molecule has 0 spiro atoms. The number of nitrogens with zero attached hydrogens (tertiary/aromatic N) is 2. The van der Waals surface area contributed by atoms with Crippen molar-refractivity contribution in [1.82, 2.24) is 20.1 Å². The summed E-state index contributed by atoms with van der Waals surface area (Å²) in [6, 6.07) is 1.58. The van der Waals surface area contributed by atoms with Gasteiger partial charge >= 0.3 is 5.97 Å². The number of H-pyrrole nitrogens is 1. The second-order valence-electron chi connectivity index (χ2n) is 4.95. The third-order valence-corrected chi connectivity index (χ3v) is 3.26. The topological polar surface area (TPSA) is 106 Å². The number of pyridine rings is 1. The minimum atomic E-state index is -0.364. The van der Waals surface area contributed by atoms with Gasteiger partial charge in [-0.15, -0.1) is 0 Å². The third kappa shape index (κ3) is 3.16. The van der Waals surface area contributed by atoms with Crippen molar-refractivity contribution in [3.8, 4) is 0 Å². The molecule has 2 aromatic heterocycles. The Morgan fingerprint density at radius 2 is 2.18 bits per heavy atom. The molecule has 0 atom stereocenters. The average molecular weight is 306 g/mol. The predicted octanol–water partition coefficient (Wildman–Crippen LogP) is 0.253. The number of rotatable bonds is 5. The van der Waals surface area contributed by atoms with Crippen LogP contribution in [0, 0.1) is 6.92 Å². The summed E-state index contributed by atoms with van der Waals surface area (Å²) >= 11 is 0. The molecule has 0 aliphatic rings. The lowest BCUT2D eigenvalue weighted by atomic mass is 10.1. The summed E-state index contributed by atoms with van der Waals surface area (Å²) < 4.78 is 6.01. The second kappa shape index (κ2) is 6.42. The minimum absolute atomic E-state index is 0.230. The van der Waals surface area contributed by atoms with E-state index in [0.717, 1.165) is 0 Å². The summed E-state index contributed by atoms with van der Waals surface area (Å²) in [5, 5.41) is 5.55. The Morgan fingerprint density at radius 1 is 1.45 bits per heavy atom. The van der Waals surface area contributed by atoms with Gasteiger partial charge < -0.3 is 10.1 Å². The number of ether oxygens (including phenoxy) is 1. The number of hydrogen-bond acceptors (Lipinski definition) is 5. The first-order valence-electron chi connectivity index (χ1n) is 6.85. The van der Waals surface area contributed by atoms with E-state index in [-0.39, 0.29) is 34.8 Å². The van der Waals surface area contributed by atoms with Crippen LogP contribution in [0.3, 0.4) is 0 Å². The normalized spacial score (nSPS) is 10.7. The van der Waals surface area contributed by atoms with Gasteiger partial charge in [0.2, 0.25) is 0 Å². The molecule has 0 saturated carbocycles. The molecule has 0 aliphatic carbocycles. The van der Waals surface area contributed by atoms with Crippen LogP contribution in [0.1, 0.15) is 28.9 Å². The quantitative estimate of drug-likeness (QED) is 0.608. The molecule has 1 amide bonds. The average Bonchev–Trinajstić information content (AvgIpc) is 2.77. The van der Waals surface area contributed by atoms with Gasteiger partial charge in [-0.1, -0.05) is 0 Å². The number of carbonyl (C=O) groups excluding carboxylic acids is 2. The van der Waals surface area contributed by atoms with Gasteiger partial charge in [-0.3, -0.25) is 24.2 Å². The number of aromatic amines is 1. The summed E-state index contributed by atoms with van der Waals surface area (Å²) in [5.74, 6) is -0.687. The lowest BCUT2D eigenvalue weighted by Crippen LogP contribution is -2.26. The van der Waals surface area contributed by atoms with E-state index in [1.54, 1.807) is 20.0 Å². The molecule has 8 heteroatoms. The number of nitrogens with one attached hydrogen (secondary N) is 2. The maximum Gasteiger partial charge on any atom is 0.305 e. The Labute approximate surface area is 126 Å². The molecule has 0 unspecified atom stereocenters. The fourth-order valence-corrected chi connectivity index (χ4v) is 2.20. The highest BCUT2D eigenvalue weighted by atomic mass is 16.5. The SMILES string of the molecule is COC(=O)CCCNC(=O)c1cc(C)nc2c1c(=O)[nH]n2C. The van der Waals surface area contributed by atoms with Gasteiger partial charge in [0.05, 0.1) is 18.1 Å². The molecule has 0 radical (unpaired) electrons. The lowest BCUT2D eigenvalue weighted by molar-refractivity contribution is -0.140. The zero-order valence-corrected chi connectivity index (χ0v) is 12.7. The fraction of sp³-hybridized carbons (Fsp3) is 0.429. The molecule has 0 saturated heterocycles. The van der Waals surface area contributed by atoms with Gasteiger partial charge in [-0.2, -0.15) is 0 Å². The molecule has 2 rings (SSSR count). The smallest absolute Gasteiger partial charge is 0.305 e. The van der Waals surface area contributed by atoms with Crippen LogP contribution in [0.2, 0.25) is 0 Å². The van der Waals surface area contributed by atoms with Crippen molar-refractivity contribution in [3.05, 3.63) is 27.7 Å². The number of aromatic nitrogens is 3. The van der Waals surface area contributed by atoms with E-state index >= 15 is 0 Å². The molecule has 2 heterocycles. The summed E-state index contributed by atoms with van der Waals surface area (Å²) in [6.45, 7) is 2.08. The summed E-state index contributed by atoms with van der Waals surface area (Å²) in [5.41, 5.74) is 0.999. The summed E-state index contributed by atoms with van der Waals surface area (Å²) in [6.07, 6.45) is 0.699. The van der Waals surface area contributed by atoms with Gasteiger partial charge in [-0.25, -0.2) is 4.98 Å². The lowest BCUT2D eigenvalue weighted by Gasteiger charge is -2.06. The first-order chi connectivity index (χ1) is 10.4. The Kier molecular flexibility index (Phi) is 4.59. The van der Waals surface area contributed by atoms with Crippen LogP contribution in [0.5, 0.6) is 0 Å². The Hall–Kier alpha value is -2.64. The van der Waals surface area contributed by atoms with E-state index in [4.69, 9.17) is 0 Å². The highest BCUT2D eigenvalue weighted by molar-refractivity contribution is 6.05. The van der Waals surface area contributed by atoms with Gasteiger partial charge in [0, 0.05) is 25.7 Å². The van der Waals surface area contributed by atoms with Gasteiger partial charge in [0.15, 0.2) is 5.65 Å². The van der Waals surface area contributed by atoms with Gasteiger partial charge in [-0.05, 0) is 19.4 Å². The minimum Gasteiger partial charge on any atom is -0.469 e. The molecule has 118 valence electrons. The van der Waals surface area contributed by atoms with Crippen molar-refractivity contribution in [2.24, 2.45) is 7.05 Å². The number of carbonyl (C=O) groups is 2. The molecule has 8 nitrogen and oxygen atoms in total. The number of esters is 1. The monoisotopic (exact) mass is 306 g/mol. The zero-order valence-electron chi connectivity index (χ0n) is 12.7. The highest BCUT2D eigenvalue weighted by Gasteiger charge is 2.17. The molecule has 0 aliphatic heterocycles. The van der Waals surface area contributed by atoms with Gasteiger partial charge in [0.25, 0.3) is 11.5 Å². The largest absolute Gasteiger partial charge is 0.469 e. The van der Waals surface area contributed by atoms with E-state index in [1.807, 2.05) is 0 Å². The van der Waals surface area contributed by atoms with Crippen molar-refractivity contribution in [2.75, 3.05) is 13.7 Å². The fourth-order valence-electron chi connectivity index (χ4n) is 2.20. The van der Waals surface area contributed by atoms with Crippen LogP contribution in [-0.4, -0.2) is 40.3 Å². The van der Waals surface area contributed by atoms with Crippen molar-refractivity contribution < 1.29 is 14.3 Å². The Morgan fingerprint density at radius 3 is 2.86 bits per heavy atom. The first-order valence-corrected chi connectivity index (χ1v) is 6.85. The van der Waals surface area contributed by atoms with Crippen LogP contribution in [0.25, 0.3) is 11.0 Å². The molecular formula is C14H18N4O4.